The van der Waals surface area contributed by atoms with Crippen molar-refractivity contribution in [2.45, 2.75) is 26.2 Å². The molecule has 3 nitrogen and oxygen atoms in total. The van der Waals surface area contributed by atoms with Crippen LogP contribution in [0.15, 0.2) is 36.4 Å². The Kier molecular flexibility index (Phi) is 3.18. The normalized spacial score (nSPS) is 13.1. The Morgan fingerprint density at radius 2 is 1.75 bits per heavy atom. The quantitative estimate of drug-likeness (QED) is 0.658. The molecule has 0 amide bonds. The average Bonchev–Trinajstić information content (AvgIpc) is 2.85. The van der Waals surface area contributed by atoms with E-state index < -0.39 is 0 Å². The molecule has 1 aliphatic carbocycles. The first-order chi connectivity index (χ1) is 9.63. The molecule has 1 aliphatic rings. The molecular formula is C17H18N2O. The molecule has 2 aromatic rings. The average molecular weight is 266 g/mol. The number of benzene rings is 2. The predicted molar refractivity (Wildman–Crippen MR) is 82.6 cm³/mol. The summed E-state index contributed by atoms with van der Waals surface area (Å²) in [6.45, 7) is 1.53. The lowest BCUT2D eigenvalue weighted by atomic mass is 10.1. The van der Waals surface area contributed by atoms with Gasteiger partial charge in [0.05, 0.1) is 0 Å². The summed E-state index contributed by atoms with van der Waals surface area (Å²) in [7, 11) is 0. The van der Waals surface area contributed by atoms with Gasteiger partial charge in [0.1, 0.15) is 0 Å². The highest BCUT2D eigenvalue weighted by atomic mass is 16.1. The maximum Gasteiger partial charge on any atom is 0.161 e. The van der Waals surface area contributed by atoms with Gasteiger partial charge in [0.15, 0.2) is 5.78 Å². The molecule has 3 heteroatoms. The molecule has 0 spiro atoms. The third-order valence-electron chi connectivity index (χ3n) is 3.82. The van der Waals surface area contributed by atoms with Gasteiger partial charge in [-0.05, 0) is 67.6 Å². The molecule has 0 saturated carbocycles. The van der Waals surface area contributed by atoms with Crippen LogP contribution in [0.5, 0.6) is 0 Å². The molecule has 102 valence electrons. The van der Waals surface area contributed by atoms with Crippen LogP contribution in [0.1, 0.15) is 34.8 Å². The summed E-state index contributed by atoms with van der Waals surface area (Å²) >= 11 is 0. The summed E-state index contributed by atoms with van der Waals surface area (Å²) in [5, 5.41) is 3.35. The van der Waals surface area contributed by atoms with Gasteiger partial charge in [-0.3, -0.25) is 4.79 Å². The van der Waals surface area contributed by atoms with Crippen molar-refractivity contribution in [2.75, 3.05) is 11.1 Å². The first-order valence-electron chi connectivity index (χ1n) is 6.93. The molecule has 0 fully saturated rings. The molecule has 0 saturated heterocycles. The van der Waals surface area contributed by atoms with E-state index >= 15 is 0 Å². The van der Waals surface area contributed by atoms with Gasteiger partial charge in [0.2, 0.25) is 0 Å². The summed E-state index contributed by atoms with van der Waals surface area (Å²) < 4.78 is 0. The first kappa shape index (κ1) is 12.7. The smallest absolute Gasteiger partial charge is 0.161 e. The van der Waals surface area contributed by atoms with E-state index in [9.17, 15) is 4.79 Å². The number of nitrogens with two attached hydrogens (primary N) is 1. The Balaban J connectivity index is 1.84. The third-order valence-corrected chi connectivity index (χ3v) is 3.82. The lowest BCUT2D eigenvalue weighted by Crippen LogP contribution is -2.01. The van der Waals surface area contributed by atoms with E-state index in [-0.39, 0.29) is 5.78 Å². The molecule has 0 bridgehead atoms. The number of Topliss-reactive ketones (excluding diaryl/α,β-unsaturated/α-hetero) is 1. The maximum absolute atomic E-state index is 11.4. The number of nitrogen functional groups attached to an aromatic ring is 1. The van der Waals surface area contributed by atoms with Crippen molar-refractivity contribution < 1.29 is 4.79 Å². The molecule has 2 aromatic carbocycles. The minimum atomic E-state index is -0.00780. The van der Waals surface area contributed by atoms with Gasteiger partial charge in [-0.1, -0.05) is 6.07 Å². The van der Waals surface area contributed by atoms with E-state index in [0.29, 0.717) is 11.3 Å². The third kappa shape index (κ3) is 2.39. The van der Waals surface area contributed by atoms with E-state index in [1.54, 1.807) is 6.07 Å². The van der Waals surface area contributed by atoms with Crippen LogP contribution in [0.25, 0.3) is 0 Å². The molecule has 0 aromatic heterocycles. The van der Waals surface area contributed by atoms with Crippen LogP contribution in [-0.2, 0) is 12.8 Å². The number of aryl methyl sites for hydroxylation is 2. The second-order valence-electron chi connectivity index (χ2n) is 5.32. The van der Waals surface area contributed by atoms with Crippen LogP contribution in [0.3, 0.4) is 0 Å². The Labute approximate surface area is 118 Å². The van der Waals surface area contributed by atoms with Crippen molar-refractivity contribution in [3.05, 3.63) is 53.1 Å². The SMILES string of the molecule is CC(=O)c1ccc(Nc2ccc3c(c2)CCC3)cc1N. The minimum absolute atomic E-state index is 0.00780. The van der Waals surface area contributed by atoms with Gasteiger partial charge in [0, 0.05) is 22.6 Å². The van der Waals surface area contributed by atoms with E-state index in [1.165, 1.54) is 30.9 Å². The summed E-state index contributed by atoms with van der Waals surface area (Å²) in [5.41, 5.74) is 11.9. The number of carbonyl (C=O) groups excluding carboxylic acids is 1. The fourth-order valence-corrected chi connectivity index (χ4v) is 2.78. The number of hydrogen-bond donors (Lipinski definition) is 2. The molecule has 0 unspecified atom stereocenters. The number of anilines is 3. The Hall–Kier alpha value is -2.29. The summed E-state index contributed by atoms with van der Waals surface area (Å²) in [6.07, 6.45) is 3.60. The van der Waals surface area contributed by atoms with Gasteiger partial charge in [0.25, 0.3) is 0 Å². The lowest BCUT2D eigenvalue weighted by molar-refractivity contribution is 0.101. The molecule has 0 heterocycles. The van der Waals surface area contributed by atoms with Crippen molar-refractivity contribution in [3.8, 4) is 0 Å². The molecular weight excluding hydrogens is 248 g/mol. The largest absolute Gasteiger partial charge is 0.398 e. The number of ketones is 1. The zero-order valence-electron chi connectivity index (χ0n) is 11.6. The van der Waals surface area contributed by atoms with Crippen LogP contribution in [0, 0.1) is 0 Å². The van der Waals surface area contributed by atoms with Crippen LogP contribution >= 0.6 is 0 Å². The van der Waals surface area contributed by atoms with Crippen molar-refractivity contribution in [3.63, 3.8) is 0 Å². The Bertz CT molecular complexity index is 677. The summed E-state index contributed by atoms with van der Waals surface area (Å²) in [6, 6.07) is 12.0. The zero-order valence-corrected chi connectivity index (χ0v) is 11.6. The molecule has 0 atom stereocenters. The number of fused-ring (bicyclic) bond motifs is 1. The number of carbonyl (C=O) groups is 1. The number of nitrogens with one attached hydrogen (secondary N) is 1. The molecule has 0 radical (unpaired) electrons. The summed E-state index contributed by atoms with van der Waals surface area (Å²) in [4.78, 5) is 11.4. The van der Waals surface area contributed by atoms with Gasteiger partial charge < -0.3 is 11.1 Å². The highest BCUT2D eigenvalue weighted by molar-refractivity contribution is 5.99. The highest BCUT2D eigenvalue weighted by Gasteiger charge is 2.11. The zero-order chi connectivity index (χ0) is 14.1. The van der Waals surface area contributed by atoms with Gasteiger partial charge >= 0.3 is 0 Å². The standard InChI is InChI=1S/C17H18N2O/c1-11(20)16-8-7-15(10-17(16)18)19-14-6-5-12-3-2-4-13(12)9-14/h5-10,19H,2-4,18H2,1H3. The topological polar surface area (TPSA) is 55.1 Å². The first-order valence-corrected chi connectivity index (χ1v) is 6.93. The van der Waals surface area contributed by atoms with Gasteiger partial charge in [-0.15, -0.1) is 0 Å². The van der Waals surface area contributed by atoms with E-state index in [1.807, 2.05) is 12.1 Å². The fraction of sp³-hybridized carbons (Fsp3) is 0.235. The minimum Gasteiger partial charge on any atom is -0.398 e. The second-order valence-corrected chi connectivity index (χ2v) is 5.32. The lowest BCUT2D eigenvalue weighted by Gasteiger charge is -2.10. The van der Waals surface area contributed by atoms with Gasteiger partial charge in [-0.25, -0.2) is 0 Å². The summed E-state index contributed by atoms with van der Waals surface area (Å²) in [5.74, 6) is -0.00780. The highest BCUT2D eigenvalue weighted by Crippen LogP contribution is 2.27. The fourth-order valence-electron chi connectivity index (χ4n) is 2.78. The Morgan fingerprint density at radius 3 is 2.50 bits per heavy atom. The number of hydrogen-bond acceptors (Lipinski definition) is 3. The van der Waals surface area contributed by atoms with E-state index in [2.05, 4.69) is 23.5 Å². The molecule has 0 aliphatic heterocycles. The Morgan fingerprint density at radius 1 is 1.05 bits per heavy atom. The van der Waals surface area contributed by atoms with Gasteiger partial charge in [-0.2, -0.15) is 0 Å². The molecule has 20 heavy (non-hydrogen) atoms. The predicted octanol–water partition coefficient (Wildman–Crippen LogP) is 3.70. The van der Waals surface area contributed by atoms with Crippen LogP contribution < -0.4 is 11.1 Å². The molecule has 3 N–H and O–H groups in total. The van der Waals surface area contributed by atoms with Crippen molar-refractivity contribution >= 4 is 22.8 Å². The maximum atomic E-state index is 11.4. The van der Waals surface area contributed by atoms with Crippen molar-refractivity contribution in [1.82, 2.24) is 0 Å². The monoisotopic (exact) mass is 266 g/mol. The van der Waals surface area contributed by atoms with Crippen LogP contribution in [0.4, 0.5) is 17.1 Å². The van der Waals surface area contributed by atoms with Crippen molar-refractivity contribution in [1.29, 1.82) is 0 Å². The molecule has 3 rings (SSSR count). The van der Waals surface area contributed by atoms with Crippen LogP contribution in [0.2, 0.25) is 0 Å². The number of rotatable bonds is 3. The van der Waals surface area contributed by atoms with Crippen LogP contribution in [-0.4, -0.2) is 5.78 Å². The van der Waals surface area contributed by atoms with Crippen molar-refractivity contribution in [2.24, 2.45) is 0 Å². The van der Waals surface area contributed by atoms with E-state index in [4.69, 9.17) is 5.73 Å². The second kappa shape index (κ2) is 5.00. The van der Waals surface area contributed by atoms with E-state index in [0.717, 1.165) is 17.8 Å².